The number of para-hydroxylation sites is 1. The Morgan fingerprint density at radius 2 is 1.93 bits per heavy atom. The van der Waals surface area contributed by atoms with E-state index in [1.165, 1.54) is 32.1 Å². The van der Waals surface area contributed by atoms with E-state index in [1.54, 1.807) is 4.68 Å². The zero-order valence-electron chi connectivity index (χ0n) is 17.1. The summed E-state index contributed by atoms with van der Waals surface area (Å²) in [6.45, 7) is 4.07. The summed E-state index contributed by atoms with van der Waals surface area (Å²) in [6, 6.07) is 10.1. The van der Waals surface area contributed by atoms with Crippen LogP contribution in [0, 0.1) is 24.5 Å². The zero-order chi connectivity index (χ0) is 20.2. The van der Waals surface area contributed by atoms with E-state index in [0.717, 1.165) is 47.2 Å². The summed E-state index contributed by atoms with van der Waals surface area (Å²) in [6.07, 6.45) is 10.7. The molecular formula is C22H28N6S. The fourth-order valence-corrected chi connectivity index (χ4v) is 4.39. The molecule has 2 heterocycles. The van der Waals surface area contributed by atoms with Crippen LogP contribution in [0.2, 0.25) is 0 Å². The van der Waals surface area contributed by atoms with Crippen molar-refractivity contribution in [3.8, 4) is 5.69 Å². The van der Waals surface area contributed by atoms with Crippen molar-refractivity contribution in [1.29, 1.82) is 0 Å². The summed E-state index contributed by atoms with van der Waals surface area (Å²) in [7, 11) is 0. The Morgan fingerprint density at radius 3 is 2.69 bits per heavy atom. The number of hydrogen-bond donors (Lipinski definition) is 1. The molecule has 6 nitrogen and oxygen atoms in total. The number of nitrogens with one attached hydrogen (secondary N) is 1. The van der Waals surface area contributed by atoms with Crippen molar-refractivity contribution in [1.82, 2.24) is 24.7 Å². The predicted molar refractivity (Wildman–Crippen MR) is 118 cm³/mol. The van der Waals surface area contributed by atoms with Gasteiger partial charge in [-0.1, -0.05) is 50.3 Å². The highest BCUT2D eigenvalue weighted by Gasteiger charge is 2.16. The van der Waals surface area contributed by atoms with Crippen LogP contribution in [0.25, 0.3) is 5.69 Å². The average Bonchev–Trinajstić information content (AvgIpc) is 3.25. The molecule has 1 aliphatic rings. The molecule has 0 unspecified atom stereocenters. The van der Waals surface area contributed by atoms with Crippen molar-refractivity contribution in [3.63, 3.8) is 0 Å². The van der Waals surface area contributed by atoms with E-state index in [1.807, 2.05) is 36.0 Å². The molecule has 152 valence electrons. The Bertz CT molecular complexity index is 1040. The lowest BCUT2D eigenvalue weighted by Gasteiger charge is -2.20. The summed E-state index contributed by atoms with van der Waals surface area (Å²) >= 11 is 5.42. The number of H-pyrrole nitrogens is 1. The zero-order valence-corrected chi connectivity index (χ0v) is 18.0. The maximum Gasteiger partial charge on any atom is 0.216 e. The van der Waals surface area contributed by atoms with E-state index in [2.05, 4.69) is 39.5 Å². The third-order valence-corrected chi connectivity index (χ3v) is 6.13. The van der Waals surface area contributed by atoms with Crippen LogP contribution >= 0.6 is 12.2 Å². The van der Waals surface area contributed by atoms with Gasteiger partial charge < -0.3 is 0 Å². The first-order valence-electron chi connectivity index (χ1n) is 10.5. The molecule has 0 spiro atoms. The van der Waals surface area contributed by atoms with Gasteiger partial charge in [-0.25, -0.2) is 4.68 Å². The van der Waals surface area contributed by atoms with Crippen LogP contribution in [0.1, 0.15) is 61.3 Å². The lowest BCUT2D eigenvalue weighted by Crippen LogP contribution is -2.09. The molecule has 1 saturated carbocycles. The van der Waals surface area contributed by atoms with E-state index in [-0.39, 0.29) is 0 Å². The second-order valence-electron chi connectivity index (χ2n) is 7.88. The smallest absolute Gasteiger partial charge is 0.216 e. The average molecular weight is 409 g/mol. The van der Waals surface area contributed by atoms with Crippen molar-refractivity contribution in [2.45, 2.75) is 58.8 Å². The first-order valence-corrected chi connectivity index (χ1v) is 10.9. The summed E-state index contributed by atoms with van der Waals surface area (Å²) < 4.78 is 4.25. The van der Waals surface area contributed by atoms with Gasteiger partial charge in [0.05, 0.1) is 23.3 Å². The van der Waals surface area contributed by atoms with Gasteiger partial charge in [-0.15, -0.1) is 0 Å². The number of nitrogens with zero attached hydrogens (tertiary/aromatic N) is 5. The Labute approximate surface area is 176 Å². The number of benzene rings is 1. The quantitative estimate of drug-likeness (QED) is 0.454. The molecule has 0 aliphatic heterocycles. The standard InChI is InChI=1S/C22H28N6S/c1-16-20(17(2)27(26-16)19-11-7-4-8-12-19)15-23-28-21(24-25-22(28)29)14-13-18-9-5-3-6-10-18/h4,7-8,11-12,15,18H,3,5-6,9-10,13-14H2,1-2H3,(H,25,29)/b23-15-. The first-order chi connectivity index (χ1) is 14.1. The van der Waals surface area contributed by atoms with Crippen molar-refractivity contribution in [2.24, 2.45) is 11.0 Å². The molecule has 0 bridgehead atoms. The second kappa shape index (κ2) is 8.86. The molecule has 4 rings (SSSR count). The maximum absolute atomic E-state index is 5.42. The topological polar surface area (TPSA) is 63.8 Å². The van der Waals surface area contributed by atoms with Crippen LogP contribution in [0.4, 0.5) is 0 Å². The summed E-state index contributed by atoms with van der Waals surface area (Å²) in [4.78, 5) is 0. The molecule has 1 aromatic carbocycles. The second-order valence-corrected chi connectivity index (χ2v) is 8.26. The van der Waals surface area contributed by atoms with Crippen LogP contribution in [-0.4, -0.2) is 30.9 Å². The van der Waals surface area contributed by atoms with Gasteiger partial charge in [-0.05, 0) is 50.5 Å². The van der Waals surface area contributed by atoms with E-state index in [4.69, 9.17) is 12.2 Å². The molecule has 1 aliphatic carbocycles. The third kappa shape index (κ3) is 4.40. The van der Waals surface area contributed by atoms with Gasteiger partial charge in [0, 0.05) is 12.0 Å². The van der Waals surface area contributed by atoms with Crippen molar-refractivity contribution in [3.05, 3.63) is 57.9 Å². The van der Waals surface area contributed by atoms with E-state index in [0.29, 0.717) is 4.77 Å². The Hall–Kier alpha value is -2.54. The van der Waals surface area contributed by atoms with Gasteiger partial charge in [-0.2, -0.15) is 20.0 Å². The maximum atomic E-state index is 5.42. The van der Waals surface area contributed by atoms with Gasteiger partial charge in [-0.3, -0.25) is 5.10 Å². The third-order valence-electron chi connectivity index (χ3n) is 5.87. The molecule has 0 atom stereocenters. The minimum absolute atomic E-state index is 0.533. The van der Waals surface area contributed by atoms with Crippen LogP contribution in [0.5, 0.6) is 0 Å². The summed E-state index contributed by atoms with van der Waals surface area (Å²) in [5, 5.41) is 16.7. The minimum Gasteiger partial charge on any atom is -0.250 e. The molecule has 7 heteroatoms. The van der Waals surface area contributed by atoms with Gasteiger partial charge in [0.25, 0.3) is 0 Å². The first kappa shape index (κ1) is 19.8. The Morgan fingerprint density at radius 1 is 1.17 bits per heavy atom. The predicted octanol–water partition coefficient (Wildman–Crippen LogP) is 5.14. The van der Waals surface area contributed by atoms with Crippen molar-refractivity contribution >= 4 is 18.4 Å². The van der Waals surface area contributed by atoms with Gasteiger partial charge >= 0.3 is 0 Å². The molecule has 2 aromatic heterocycles. The summed E-state index contributed by atoms with van der Waals surface area (Å²) in [5.74, 6) is 1.71. The highest BCUT2D eigenvalue weighted by Crippen LogP contribution is 2.27. The molecule has 0 radical (unpaired) electrons. The van der Waals surface area contributed by atoms with Gasteiger partial charge in [0.15, 0.2) is 5.82 Å². The Balaban J connectivity index is 1.55. The van der Waals surface area contributed by atoms with Crippen molar-refractivity contribution < 1.29 is 0 Å². The van der Waals surface area contributed by atoms with Crippen LogP contribution in [0.15, 0.2) is 35.4 Å². The lowest BCUT2D eigenvalue weighted by atomic mass is 9.86. The van der Waals surface area contributed by atoms with E-state index >= 15 is 0 Å². The molecule has 1 fully saturated rings. The largest absolute Gasteiger partial charge is 0.250 e. The number of rotatable bonds is 6. The van der Waals surface area contributed by atoms with Crippen LogP contribution in [-0.2, 0) is 6.42 Å². The molecule has 1 N–H and O–H groups in total. The molecule has 0 saturated heterocycles. The summed E-state index contributed by atoms with van der Waals surface area (Å²) in [5.41, 5.74) is 4.04. The Kier molecular flexibility index (Phi) is 6.04. The van der Waals surface area contributed by atoms with E-state index in [9.17, 15) is 0 Å². The van der Waals surface area contributed by atoms with Gasteiger partial charge in [0.2, 0.25) is 4.77 Å². The monoisotopic (exact) mass is 408 g/mol. The molecule has 0 amide bonds. The number of hydrogen-bond acceptors (Lipinski definition) is 4. The number of aromatic amines is 1. The normalized spacial score (nSPS) is 15.4. The molecule has 3 aromatic rings. The lowest BCUT2D eigenvalue weighted by molar-refractivity contribution is 0.336. The fraction of sp³-hybridized carbons (Fsp3) is 0.455. The van der Waals surface area contributed by atoms with E-state index < -0.39 is 0 Å². The van der Waals surface area contributed by atoms with Gasteiger partial charge in [0.1, 0.15) is 0 Å². The number of aromatic nitrogens is 5. The SMILES string of the molecule is Cc1nn(-c2ccccc2)c(C)c1/C=N\n1c(CCC2CCCCC2)n[nH]c1=S. The minimum atomic E-state index is 0.533. The fourth-order valence-electron chi connectivity index (χ4n) is 4.19. The number of aryl methyl sites for hydroxylation is 2. The molecular weight excluding hydrogens is 380 g/mol. The van der Waals surface area contributed by atoms with Crippen LogP contribution < -0.4 is 0 Å². The van der Waals surface area contributed by atoms with Crippen LogP contribution in [0.3, 0.4) is 0 Å². The highest BCUT2D eigenvalue weighted by molar-refractivity contribution is 7.71. The highest BCUT2D eigenvalue weighted by atomic mass is 32.1. The van der Waals surface area contributed by atoms with Crippen molar-refractivity contribution in [2.75, 3.05) is 0 Å². The molecule has 29 heavy (non-hydrogen) atoms.